The lowest BCUT2D eigenvalue weighted by atomic mass is 10.1. The van der Waals surface area contributed by atoms with Crippen molar-refractivity contribution in [3.05, 3.63) is 50.6 Å². The number of benzene rings is 1. The van der Waals surface area contributed by atoms with Crippen molar-refractivity contribution in [1.29, 1.82) is 0 Å². The van der Waals surface area contributed by atoms with Crippen LogP contribution in [0.15, 0.2) is 34.6 Å². The molecule has 2 rings (SSSR count). The largest absolute Gasteiger partial charge is 0.496 e. The summed E-state index contributed by atoms with van der Waals surface area (Å²) in [5, 5.41) is 1.76. The zero-order valence-corrected chi connectivity index (χ0v) is 11.4. The van der Waals surface area contributed by atoms with Crippen molar-refractivity contribution >= 4 is 28.5 Å². The Kier molecular flexibility index (Phi) is 3.78. The molecule has 0 aliphatic carbocycles. The van der Waals surface area contributed by atoms with Gasteiger partial charge in [0.2, 0.25) is 0 Å². The zero-order chi connectivity index (χ0) is 13.1. The molecule has 94 valence electrons. The molecule has 1 aromatic carbocycles. The van der Waals surface area contributed by atoms with Gasteiger partial charge >= 0.3 is 4.87 Å². The van der Waals surface area contributed by atoms with E-state index in [4.69, 9.17) is 22.7 Å². The Morgan fingerprint density at radius 2 is 2.33 bits per heavy atom. The summed E-state index contributed by atoms with van der Waals surface area (Å²) < 4.78 is 6.82. The van der Waals surface area contributed by atoms with Gasteiger partial charge in [0.15, 0.2) is 0 Å². The molecule has 2 aromatic rings. The van der Waals surface area contributed by atoms with Crippen LogP contribution in [0.2, 0.25) is 0 Å². The van der Waals surface area contributed by atoms with E-state index in [-0.39, 0.29) is 9.86 Å². The maximum atomic E-state index is 11.5. The monoisotopic (exact) mass is 280 g/mol. The topological polar surface area (TPSA) is 57.2 Å². The summed E-state index contributed by atoms with van der Waals surface area (Å²) in [5.74, 6) is 0.643. The predicted octanol–water partition coefficient (Wildman–Crippen LogP) is 1.60. The van der Waals surface area contributed by atoms with Crippen LogP contribution in [0.5, 0.6) is 5.75 Å². The Morgan fingerprint density at radius 1 is 1.56 bits per heavy atom. The van der Waals surface area contributed by atoms with E-state index in [2.05, 4.69) is 0 Å². The highest BCUT2D eigenvalue weighted by atomic mass is 32.1. The first-order valence-electron chi connectivity index (χ1n) is 5.22. The van der Waals surface area contributed by atoms with Crippen LogP contribution in [0, 0.1) is 0 Å². The molecule has 0 atom stereocenters. The highest BCUT2D eigenvalue weighted by Gasteiger charge is 2.08. The molecule has 0 bridgehead atoms. The number of hydrogen-bond acceptors (Lipinski definition) is 4. The van der Waals surface area contributed by atoms with Crippen molar-refractivity contribution in [1.82, 2.24) is 4.57 Å². The fourth-order valence-corrected chi connectivity index (χ4v) is 2.40. The second-order valence-electron chi connectivity index (χ2n) is 3.70. The Hall–Kier alpha value is -1.66. The standard InChI is InChI=1S/C12H12N2O2S2/c1-16-10-3-2-8(6-9(10)11(13)17)7-14-4-5-18-12(14)15/h2-6H,7H2,1H3,(H2,13,17). The normalized spacial score (nSPS) is 10.3. The number of ether oxygens (including phenoxy) is 1. The molecule has 1 heterocycles. The molecule has 0 unspecified atom stereocenters. The number of hydrogen-bond donors (Lipinski definition) is 1. The fraction of sp³-hybridized carbons (Fsp3) is 0.167. The summed E-state index contributed by atoms with van der Waals surface area (Å²) >= 11 is 6.15. The Bertz CT molecular complexity index is 631. The molecule has 0 fully saturated rings. The molecule has 0 amide bonds. The summed E-state index contributed by atoms with van der Waals surface area (Å²) in [4.78, 5) is 11.8. The minimum Gasteiger partial charge on any atom is -0.496 e. The van der Waals surface area contributed by atoms with Crippen LogP contribution in [0.3, 0.4) is 0 Å². The van der Waals surface area contributed by atoms with Crippen LogP contribution in [0.25, 0.3) is 0 Å². The van der Waals surface area contributed by atoms with Crippen molar-refractivity contribution in [3.8, 4) is 5.75 Å². The molecule has 1 aromatic heterocycles. The molecule has 0 aliphatic rings. The van der Waals surface area contributed by atoms with E-state index in [0.717, 1.165) is 5.56 Å². The first-order valence-corrected chi connectivity index (χ1v) is 6.51. The molecule has 4 nitrogen and oxygen atoms in total. The van der Waals surface area contributed by atoms with E-state index < -0.39 is 0 Å². The lowest BCUT2D eigenvalue weighted by molar-refractivity contribution is 0.414. The first-order chi connectivity index (χ1) is 8.61. The molecule has 0 radical (unpaired) electrons. The van der Waals surface area contributed by atoms with Gasteiger partial charge in [0.25, 0.3) is 0 Å². The molecule has 0 spiro atoms. The third kappa shape index (κ3) is 2.60. The van der Waals surface area contributed by atoms with E-state index >= 15 is 0 Å². The van der Waals surface area contributed by atoms with Crippen LogP contribution < -0.4 is 15.3 Å². The maximum Gasteiger partial charge on any atom is 0.307 e. The van der Waals surface area contributed by atoms with Crippen LogP contribution in [-0.2, 0) is 6.54 Å². The number of thiocarbonyl (C=S) groups is 1. The number of aromatic nitrogens is 1. The molecular weight excluding hydrogens is 268 g/mol. The number of nitrogens with zero attached hydrogens (tertiary/aromatic N) is 1. The van der Waals surface area contributed by atoms with Crippen molar-refractivity contribution in [2.75, 3.05) is 7.11 Å². The van der Waals surface area contributed by atoms with Crippen molar-refractivity contribution < 1.29 is 4.74 Å². The lowest BCUT2D eigenvalue weighted by Gasteiger charge is -2.09. The third-order valence-electron chi connectivity index (χ3n) is 2.53. The SMILES string of the molecule is COc1ccc(Cn2ccsc2=O)cc1C(N)=S. The van der Waals surface area contributed by atoms with Gasteiger partial charge in [-0.25, -0.2) is 0 Å². The van der Waals surface area contributed by atoms with Gasteiger partial charge in [0.1, 0.15) is 10.7 Å². The number of nitrogens with two attached hydrogens (primary N) is 1. The molecule has 6 heteroatoms. The third-order valence-corrected chi connectivity index (χ3v) is 3.44. The van der Waals surface area contributed by atoms with E-state index in [1.165, 1.54) is 11.3 Å². The summed E-state index contributed by atoms with van der Waals surface area (Å²) in [6, 6.07) is 5.55. The van der Waals surface area contributed by atoms with Crippen molar-refractivity contribution in [2.24, 2.45) is 5.73 Å². The van der Waals surface area contributed by atoms with Gasteiger partial charge in [0.05, 0.1) is 19.2 Å². The van der Waals surface area contributed by atoms with Gasteiger partial charge in [-0.3, -0.25) is 4.79 Å². The van der Waals surface area contributed by atoms with Crippen molar-refractivity contribution in [2.45, 2.75) is 6.54 Å². The molecule has 18 heavy (non-hydrogen) atoms. The minimum atomic E-state index is 0.0164. The second kappa shape index (κ2) is 5.32. The average molecular weight is 280 g/mol. The zero-order valence-electron chi connectivity index (χ0n) is 9.75. The summed E-state index contributed by atoms with van der Waals surface area (Å²) in [5.41, 5.74) is 7.29. The minimum absolute atomic E-state index is 0.0164. The molecule has 0 saturated carbocycles. The Balaban J connectivity index is 2.36. The van der Waals surface area contributed by atoms with E-state index in [0.29, 0.717) is 17.9 Å². The first kappa shape index (κ1) is 12.8. The van der Waals surface area contributed by atoms with Gasteiger partial charge in [-0.2, -0.15) is 0 Å². The van der Waals surface area contributed by atoms with E-state index in [9.17, 15) is 4.79 Å². The second-order valence-corrected chi connectivity index (χ2v) is 4.99. The van der Waals surface area contributed by atoms with Gasteiger partial charge in [-0.1, -0.05) is 29.6 Å². The Labute approximate surface area is 114 Å². The van der Waals surface area contributed by atoms with Crippen LogP contribution in [0.4, 0.5) is 0 Å². The predicted molar refractivity (Wildman–Crippen MR) is 76.6 cm³/mol. The maximum absolute atomic E-state index is 11.5. The smallest absolute Gasteiger partial charge is 0.307 e. The quantitative estimate of drug-likeness (QED) is 0.864. The molecular formula is C12H12N2O2S2. The Morgan fingerprint density at radius 3 is 2.89 bits per heavy atom. The number of thiazole rings is 1. The van der Waals surface area contributed by atoms with Gasteiger partial charge in [-0.15, -0.1) is 0 Å². The van der Waals surface area contributed by atoms with Crippen LogP contribution in [0.1, 0.15) is 11.1 Å². The van der Waals surface area contributed by atoms with Crippen LogP contribution >= 0.6 is 23.6 Å². The molecule has 0 aliphatic heterocycles. The average Bonchev–Trinajstić information content (AvgIpc) is 2.75. The molecule has 2 N–H and O–H groups in total. The lowest BCUT2D eigenvalue weighted by Crippen LogP contribution is -2.15. The van der Waals surface area contributed by atoms with Crippen LogP contribution in [-0.4, -0.2) is 16.7 Å². The fourth-order valence-electron chi connectivity index (χ4n) is 1.65. The van der Waals surface area contributed by atoms with Gasteiger partial charge in [-0.05, 0) is 17.7 Å². The van der Waals surface area contributed by atoms with E-state index in [1.54, 1.807) is 29.3 Å². The summed E-state index contributed by atoms with van der Waals surface area (Å²) in [7, 11) is 1.57. The summed E-state index contributed by atoms with van der Waals surface area (Å²) in [6.07, 6.45) is 1.76. The van der Waals surface area contributed by atoms with E-state index in [1.807, 2.05) is 12.1 Å². The van der Waals surface area contributed by atoms with Gasteiger partial charge < -0.3 is 15.0 Å². The number of methoxy groups -OCH3 is 1. The van der Waals surface area contributed by atoms with Crippen molar-refractivity contribution in [3.63, 3.8) is 0 Å². The van der Waals surface area contributed by atoms with Gasteiger partial charge in [0, 0.05) is 11.6 Å². The highest BCUT2D eigenvalue weighted by Crippen LogP contribution is 2.20. The summed E-state index contributed by atoms with van der Waals surface area (Å²) in [6.45, 7) is 0.502. The number of rotatable bonds is 4. The molecule has 0 saturated heterocycles. The highest BCUT2D eigenvalue weighted by molar-refractivity contribution is 7.80.